The molecule has 0 spiro atoms. The summed E-state index contributed by atoms with van der Waals surface area (Å²) in [6.45, 7) is 1.15. The van der Waals surface area contributed by atoms with Crippen LogP contribution in [0.25, 0.3) is 0 Å². The van der Waals surface area contributed by atoms with E-state index in [2.05, 4.69) is 5.32 Å². The van der Waals surface area contributed by atoms with Gasteiger partial charge in [-0.2, -0.15) is 5.26 Å². The topological polar surface area (TPSA) is 68.9 Å². The summed E-state index contributed by atoms with van der Waals surface area (Å²) < 4.78 is 4.78. The fourth-order valence-corrected chi connectivity index (χ4v) is 0.645. The van der Waals surface area contributed by atoms with Gasteiger partial charge < -0.3 is 4.74 Å². The maximum Gasteiger partial charge on any atom is 0.213 e. The minimum atomic E-state index is -0.529. The van der Waals surface area contributed by atoms with E-state index in [0.717, 1.165) is 0 Å². The van der Waals surface area contributed by atoms with E-state index in [1.807, 2.05) is 6.07 Å². The van der Waals surface area contributed by atoms with Crippen LogP contribution in [0.1, 0.15) is 0 Å². The highest BCUT2D eigenvalue weighted by Gasteiger charge is 2.18. The number of hydrogen-bond acceptors (Lipinski definition) is 4. The largest absolute Gasteiger partial charge is 0.478 e. The van der Waals surface area contributed by atoms with Gasteiger partial charge in [-0.15, -0.1) is 0 Å². The van der Waals surface area contributed by atoms with Crippen molar-refractivity contribution in [2.45, 2.75) is 6.04 Å². The highest BCUT2D eigenvalue weighted by Crippen LogP contribution is 1.92. The van der Waals surface area contributed by atoms with Gasteiger partial charge in [0.2, 0.25) is 5.90 Å². The average molecular weight is 125 g/mol. The number of nitrogens with zero attached hydrogens (tertiary/aromatic N) is 1. The standard InChI is InChI=1S/C5H7N3O/c6-3-4-5(7)9-2-1-8-4/h4,7-8H,1-2H2. The van der Waals surface area contributed by atoms with E-state index in [0.29, 0.717) is 13.2 Å². The lowest BCUT2D eigenvalue weighted by Gasteiger charge is -2.18. The Balaban J connectivity index is 2.51. The quantitative estimate of drug-likeness (QED) is 0.457. The Kier molecular flexibility index (Phi) is 1.66. The van der Waals surface area contributed by atoms with Crippen LogP contribution in [0.2, 0.25) is 0 Å². The average Bonchev–Trinajstić information content (AvgIpc) is 1.89. The summed E-state index contributed by atoms with van der Waals surface area (Å²) in [7, 11) is 0. The van der Waals surface area contributed by atoms with E-state index in [1.54, 1.807) is 0 Å². The number of hydrogen-bond donors (Lipinski definition) is 2. The molecule has 1 rings (SSSR count). The van der Waals surface area contributed by atoms with Crippen molar-refractivity contribution < 1.29 is 4.74 Å². The molecule has 0 aliphatic carbocycles. The lowest BCUT2D eigenvalue weighted by molar-refractivity contribution is 0.256. The van der Waals surface area contributed by atoms with Crippen molar-refractivity contribution in [1.29, 1.82) is 10.7 Å². The highest BCUT2D eigenvalue weighted by atomic mass is 16.5. The molecule has 2 N–H and O–H groups in total. The molecule has 48 valence electrons. The molecule has 9 heavy (non-hydrogen) atoms. The second-order valence-corrected chi connectivity index (χ2v) is 1.73. The molecular weight excluding hydrogens is 118 g/mol. The SMILES string of the molecule is N#CC1NCCOC1=N. The second kappa shape index (κ2) is 2.46. The van der Waals surface area contributed by atoms with E-state index >= 15 is 0 Å². The van der Waals surface area contributed by atoms with Crippen LogP contribution in [0.15, 0.2) is 0 Å². The summed E-state index contributed by atoms with van der Waals surface area (Å²) in [6.07, 6.45) is 0. The zero-order valence-electron chi connectivity index (χ0n) is 4.85. The zero-order valence-corrected chi connectivity index (χ0v) is 4.85. The Labute approximate surface area is 52.9 Å². The first kappa shape index (κ1) is 6.05. The first-order valence-corrected chi connectivity index (χ1v) is 2.69. The van der Waals surface area contributed by atoms with Crippen molar-refractivity contribution in [3.05, 3.63) is 0 Å². The van der Waals surface area contributed by atoms with Gasteiger partial charge in [0.15, 0.2) is 6.04 Å². The van der Waals surface area contributed by atoms with E-state index in [4.69, 9.17) is 15.4 Å². The Morgan fingerprint density at radius 3 is 3.11 bits per heavy atom. The number of morpholine rings is 1. The Morgan fingerprint density at radius 1 is 1.89 bits per heavy atom. The first-order chi connectivity index (χ1) is 4.34. The predicted octanol–water partition coefficient (Wildman–Crippen LogP) is -0.524. The van der Waals surface area contributed by atoms with E-state index in [9.17, 15) is 0 Å². The number of nitriles is 1. The molecule has 0 aromatic rings. The summed E-state index contributed by atoms with van der Waals surface area (Å²) in [4.78, 5) is 0. The molecule has 0 bridgehead atoms. The van der Waals surface area contributed by atoms with Crippen LogP contribution in [-0.2, 0) is 4.74 Å². The Morgan fingerprint density at radius 2 is 2.67 bits per heavy atom. The summed E-state index contributed by atoms with van der Waals surface area (Å²) >= 11 is 0. The third kappa shape index (κ3) is 1.18. The molecule has 0 aromatic carbocycles. The fourth-order valence-electron chi connectivity index (χ4n) is 0.645. The summed E-state index contributed by atoms with van der Waals surface area (Å²) in [5, 5.41) is 18.2. The van der Waals surface area contributed by atoms with Gasteiger partial charge in [-0.3, -0.25) is 10.7 Å². The zero-order chi connectivity index (χ0) is 6.69. The van der Waals surface area contributed by atoms with Gasteiger partial charge in [0.1, 0.15) is 6.61 Å². The molecule has 1 saturated heterocycles. The summed E-state index contributed by atoms with van der Waals surface area (Å²) in [5.41, 5.74) is 0. The lowest BCUT2D eigenvalue weighted by Crippen LogP contribution is -2.43. The van der Waals surface area contributed by atoms with Crippen molar-refractivity contribution in [2.75, 3.05) is 13.2 Å². The van der Waals surface area contributed by atoms with E-state index in [1.165, 1.54) is 0 Å². The van der Waals surface area contributed by atoms with Gasteiger partial charge in [-0.25, -0.2) is 0 Å². The molecule has 1 atom stereocenters. The fraction of sp³-hybridized carbons (Fsp3) is 0.600. The minimum absolute atomic E-state index is 0.0313. The van der Waals surface area contributed by atoms with Crippen molar-refractivity contribution in [3.8, 4) is 6.07 Å². The highest BCUT2D eigenvalue weighted by molar-refractivity contribution is 5.82. The maximum absolute atomic E-state index is 8.33. The van der Waals surface area contributed by atoms with Gasteiger partial charge in [0, 0.05) is 6.54 Å². The molecule has 0 radical (unpaired) electrons. The van der Waals surface area contributed by atoms with Crippen molar-refractivity contribution in [1.82, 2.24) is 5.32 Å². The molecule has 0 amide bonds. The second-order valence-electron chi connectivity index (χ2n) is 1.73. The Hall–Kier alpha value is -1.08. The van der Waals surface area contributed by atoms with Gasteiger partial charge in [-0.1, -0.05) is 0 Å². The molecular formula is C5H7N3O. The van der Waals surface area contributed by atoms with Crippen LogP contribution in [0.3, 0.4) is 0 Å². The van der Waals surface area contributed by atoms with Crippen LogP contribution >= 0.6 is 0 Å². The smallest absolute Gasteiger partial charge is 0.213 e. The molecule has 4 heteroatoms. The molecule has 4 nitrogen and oxygen atoms in total. The monoisotopic (exact) mass is 125 g/mol. The van der Waals surface area contributed by atoms with Crippen molar-refractivity contribution >= 4 is 5.90 Å². The minimum Gasteiger partial charge on any atom is -0.478 e. The van der Waals surface area contributed by atoms with Gasteiger partial charge >= 0.3 is 0 Å². The van der Waals surface area contributed by atoms with Gasteiger partial charge in [0.05, 0.1) is 6.07 Å². The van der Waals surface area contributed by atoms with E-state index in [-0.39, 0.29) is 5.90 Å². The maximum atomic E-state index is 8.33. The molecule has 0 saturated carbocycles. The molecule has 0 aromatic heterocycles. The van der Waals surface area contributed by atoms with Gasteiger partial charge in [0.25, 0.3) is 0 Å². The normalized spacial score (nSPS) is 26.6. The number of rotatable bonds is 0. The van der Waals surface area contributed by atoms with Crippen LogP contribution in [0.5, 0.6) is 0 Å². The molecule has 1 unspecified atom stereocenters. The predicted molar refractivity (Wildman–Crippen MR) is 31.1 cm³/mol. The van der Waals surface area contributed by atoms with Gasteiger partial charge in [-0.05, 0) is 0 Å². The number of ether oxygens (including phenoxy) is 1. The molecule has 1 heterocycles. The van der Waals surface area contributed by atoms with Crippen LogP contribution in [0.4, 0.5) is 0 Å². The van der Waals surface area contributed by atoms with Crippen LogP contribution < -0.4 is 5.32 Å². The van der Waals surface area contributed by atoms with Crippen molar-refractivity contribution in [3.63, 3.8) is 0 Å². The van der Waals surface area contributed by atoms with Crippen LogP contribution in [0, 0.1) is 16.7 Å². The number of nitrogens with one attached hydrogen (secondary N) is 2. The molecule has 1 fully saturated rings. The third-order valence-electron chi connectivity index (χ3n) is 1.10. The van der Waals surface area contributed by atoms with Crippen LogP contribution in [-0.4, -0.2) is 25.1 Å². The van der Waals surface area contributed by atoms with Crippen molar-refractivity contribution in [2.24, 2.45) is 0 Å². The molecule has 1 aliphatic heterocycles. The van der Waals surface area contributed by atoms with E-state index < -0.39 is 6.04 Å². The Bertz CT molecular complexity index is 160. The lowest BCUT2D eigenvalue weighted by atomic mass is 10.3. The first-order valence-electron chi connectivity index (χ1n) is 2.69. The third-order valence-corrected chi connectivity index (χ3v) is 1.10. The summed E-state index contributed by atoms with van der Waals surface area (Å²) in [6, 6.07) is 1.36. The molecule has 1 aliphatic rings. The summed E-state index contributed by atoms with van der Waals surface area (Å²) in [5.74, 6) is 0.0313.